The Morgan fingerprint density at radius 3 is 2.18 bits per heavy atom. The summed E-state index contributed by atoms with van der Waals surface area (Å²) in [6.45, 7) is 11.8. The number of rotatable bonds is 22. The van der Waals surface area contributed by atoms with Crippen molar-refractivity contribution in [2.75, 3.05) is 79.1 Å². The number of aromatic amines is 1. The summed E-state index contributed by atoms with van der Waals surface area (Å²) in [4.78, 5) is 126. The summed E-state index contributed by atoms with van der Waals surface area (Å²) in [5.74, 6) is -5.65. The van der Waals surface area contributed by atoms with Crippen molar-refractivity contribution in [3.8, 4) is 5.75 Å². The number of likely N-dealkylation sites (N-methyl/N-ethyl adjacent to an activating group) is 1. The largest absolute Gasteiger partial charge is 1.00 e. The topological polar surface area (TPSA) is 262 Å². The molecule has 3 fully saturated rings. The number of methoxy groups -OCH3 is 3. The zero-order valence-corrected chi connectivity index (χ0v) is 60.2. The van der Waals surface area contributed by atoms with E-state index < -0.39 is 112 Å². The molecule has 5 aromatic rings. The number of fused-ring (bicyclic) bond motifs is 6. The van der Waals surface area contributed by atoms with Crippen LogP contribution in [0.2, 0.25) is 0 Å². The van der Waals surface area contributed by atoms with E-state index in [9.17, 15) is 33.9 Å². The van der Waals surface area contributed by atoms with Gasteiger partial charge in [0.05, 0.1) is 46.9 Å². The lowest BCUT2D eigenvalue weighted by molar-refractivity contribution is -0.921. The number of ether oxygens (including phenoxy) is 6. The second kappa shape index (κ2) is 29.3. The van der Waals surface area contributed by atoms with E-state index >= 15 is 9.59 Å². The summed E-state index contributed by atoms with van der Waals surface area (Å²) in [6, 6.07) is 25.0. The molecule has 13 atom stereocenters. The molecule has 6 aliphatic heterocycles. The number of amides is 3. The number of nitrogens with zero attached hydrogens (tertiary/aromatic N) is 4. The summed E-state index contributed by atoms with van der Waals surface area (Å²) in [6.07, 6.45) is 7.82. The lowest BCUT2D eigenvalue weighted by Gasteiger charge is -2.63. The maximum Gasteiger partial charge on any atom is 0.344 e. The van der Waals surface area contributed by atoms with Gasteiger partial charge in [-0.25, -0.2) is 9.59 Å². The fourth-order valence-corrected chi connectivity index (χ4v) is 18.5. The number of H-pyrrole nitrogens is 1. The number of benzene rings is 4. The van der Waals surface area contributed by atoms with Crippen LogP contribution in [-0.2, 0) is 92.5 Å². The molecule has 2 saturated heterocycles. The van der Waals surface area contributed by atoms with Gasteiger partial charge in [0.2, 0.25) is 17.4 Å². The number of carbonyl (C=O) groups excluding carboxylic acids is 8. The molecule has 1 unspecified atom stereocenters. The number of halogens is 1. The lowest BCUT2D eigenvalue weighted by Crippen LogP contribution is -3.00. The zero-order valence-electron chi connectivity index (χ0n) is 58.6. The molecule has 7 aliphatic rings. The van der Waals surface area contributed by atoms with Crippen molar-refractivity contribution < 1.29 is 93.3 Å². The Balaban J connectivity index is 0.0000101. The van der Waals surface area contributed by atoms with Gasteiger partial charge in [-0.05, 0) is 90.9 Å². The normalized spacial score (nSPS) is 27.9. The van der Waals surface area contributed by atoms with Crippen molar-refractivity contribution >= 4 is 64.2 Å². The third-order valence-corrected chi connectivity index (χ3v) is 23.0. The van der Waals surface area contributed by atoms with E-state index in [0.29, 0.717) is 117 Å². The molecule has 12 rings (SSSR count). The highest BCUT2D eigenvalue weighted by Crippen LogP contribution is 2.68. The molecule has 4 N–H and O–H groups in total. The van der Waals surface area contributed by atoms with E-state index in [0.717, 1.165) is 33.2 Å². The molecule has 7 heterocycles. The van der Waals surface area contributed by atoms with Crippen LogP contribution in [0, 0.1) is 17.3 Å². The molecule has 23 heteroatoms. The average Bonchev–Trinajstić information content (AvgIpc) is 1.46. The Kier molecular flexibility index (Phi) is 21.3. The van der Waals surface area contributed by atoms with Crippen LogP contribution in [0.5, 0.6) is 5.75 Å². The fourth-order valence-electron chi connectivity index (χ4n) is 18.5. The van der Waals surface area contributed by atoms with Crippen LogP contribution in [0.3, 0.4) is 0 Å². The number of aliphatic hydroxyl groups is 1. The Morgan fingerprint density at radius 1 is 0.830 bits per heavy atom. The van der Waals surface area contributed by atoms with Gasteiger partial charge in [0.15, 0.2) is 12.6 Å². The average molecular weight is 1440 g/mol. The van der Waals surface area contributed by atoms with Gasteiger partial charge in [0.25, 0.3) is 5.91 Å². The quantitative estimate of drug-likeness (QED) is 0.0328. The summed E-state index contributed by atoms with van der Waals surface area (Å²) in [5.41, 5.74) is 0.615. The second-order valence-corrected chi connectivity index (χ2v) is 28.4. The van der Waals surface area contributed by atoms with Crippen molar-refractivity contribution in [1.82, 2.24) is 25.4 Å². The molecule has 534 valence electrons. The first-order valence-corrected chi connectivity index (χ1v) is 35.0. The number of esters is 5. The van der Waals surface area contributed by atoms with E-state index in [1.165, 1.54) is 21.1 Å². The molecule has 1 spiro atoms. The standard InChI is InChI=1S/C77H93N7O15.BrH/c1-10-47(4)64(67(89)79-58(68(90)98-46-51-25-17-14-18-26-51)39-63(87)97-45-50-23-15-13-16-24-50)80-66(88)59-29-21-34-83(59)62(86)44-84-36-30-54-53-27-19-20-28-57(53)78-65(54)76(72(91)95-8,41-52(43-84)37-49(11-2)42-84)56-38-55-60(40-61(56)94-7)81(6)70-75(55)32-35-82-33-22-31-74(12-3,69(75)82)71(99-48(5)85)77(70,93)73(92)96-9;/h13-20,22-28,31,37-38,40,47,52,58-59,64,69-71,78,93H,10-12,21,29-30,32-36,39,41-46H2,1-9H3,(H-,79,80,88,89);1H/t47-,52+,58-,59-,64-,69-,70+,71+,74+,75+,76-,77-,84?;/m0./s1. The van der Waals surface area contributed by atoms with Crippen molar-refractivity contribution in [3.63, 3.8) is 0 Å². The molecule has 2 bridgehead atoms. The van der Waals surface area contributed by atoms with Gasteiger partial charge in [0, 0.05) is 90.2 Å². The van der Waals surface area contributed by atoms with E-state index in [1.807, 2.05) is 99.5 Å². The number of likely N-dealkylation sites (tertiary alicyclic amines) is 1. The number of quaternary nitrogens is 1. The zero-order chi connectivity index (χ0) is 70.3. The summed E-state index contributed by atoms with van der Waals surface area (Å²) < 4.78 is 36.0. The SMILES string of the molecule is CCC1=C[C@@H]2C[C@](C(=O)OC)(c3cc4c(cc3OC)N(C)[C@H]3[C@@](O)(C(=O)OC)[C@H](OC(C)=O)[C@]5(CC)C=CCN6CC[C@]43[C@@H]65)c3[nH]c4ccccc4c3CC[N+](CC(=O)N3CCC[C@H]3C(=O)N[C@H](C(=O)N[C@@H](CC(=O)OCc3ccccc3)C(=O)OCc3ccccc3)[C@@H](C)CC)(C1)C2.[Br-]. The van der Waals surface area contributed by atoms with E-state index in [2.05, 4.69) is 39.6 Å². The maximum absolute atomic E-state index is 16.1. The van der Waals surface area contributed by atoms with Crippen LogP contribution in [-0.4, -0.2) is 188 Å². The van der Waals surface area contributed by atoms with Crippen LogP contribution in [0.1, 0.15) is 119 Å². The minimum atomic E-state index is -2.41. The second-order valence-electron chi connectivity index (χ2n) is 28.4. The van der Waals surface area contributed by atoms with E-state index in [4.69, 9.17) is 28.4 Å². The summed E-state index contributed by atoms with van der Waals surface area (Å²) in [7, 11) is 6.03. The van der Waals surface area contributed by atoms with E-state index in [1.54, 1.807) is 48.4 Å². The number of carbonyl (C=O) groups is 8. The molecular formula is C77H94BrN7O15. The van der Waals surface area contributed by atoms with Gasteiger partial charge in [-0.15, -0.1) is 0 Å². The third kappa shape index (κ3) is 12.6. The van der Waals surface area contributed by atoms with Crippen molar-refractivity contribution in [3.05, 3.63) is 154 Å². The Bertz CT molecular complexity index is 4020. The highest BCUT2D eigenvalue weighted by Gasteiger charge is 2.80. The first-order valence-electron chi connectivity index (χ1n) is 35.0. The minimum absolute atomic E-state index is 0. The number of hydrogen-bond acceptors (Lipinski definition) is 17. The van der Waals surface area contributed by atoms with Crippen LogP contribution in [0.25, 0.3) is 10.9 Å². The lowest BCUT2D eigenvalue weighted by atomic mass is 9.47. The number of hydrogen-bond donors (Lipinski definition) is 4. The van der Waals surface area contributed by atoms with Crippen LogP contribution in [0.15, 0.2) is 121 Å². The number of aromatic nitrogens is 1. The Labute approximate surface area is 594 Å². The van der Waals surface area contributed by atoms with Crippen LogP contribution >= 0.6 is 0 Å². The predicted octanol–water partition coefficient (Wildman–Crippen LogP) is 4.20. The first kappa shape index (κ1) is 72.9. The highest BCUT2D eigenvalue weighted by atomic mass is 79.9. The van der Waals surface area contributed by atoms with Gasteiger partial charge < -0.3 is 80.4 Å². The first-order chi connectivity index (χ1) is 47.6. The van der Waals surface area contributed by atoms with Crippen LogP contribution < -0.4 is 37.3 Å². The molecule has 1 saturated carbocycles. The maximum atomic E-state index is 16.1. The summed E-state index contributed by atoms with van der Waals surface area (Å²) in [5, 5.41) is 20.3. The minimum Gasteiger partial charge on any atom is -1.00 e. The van der Waals surface area contributed by atoms with Crippen molar-refractivity contribution in [1.29, 1.82) is 0 Å². The predicted molar refractivity (Wildman–Crippen MR) is 367 cm³/mol. The molecular weight excluding hydrogens is 1340 g/mol. The molecule has 100 heavy (non-hydrogen) atoms. The molecule has 22 nitrogen and oxygen atoms in total. The smallest absolute Gasteiger partial charge is 0.344 e. The molecule has 4 aromatic carbocycles. The molecule has 1 aromatic heterocycles. The third-order valence-electron chi connectivity index (χ3n) is 23.0. The Morgan fingerprint density at radius 2 is 1.52 bits per heavy atom. The number of para-hydroxylation sites is 1. The highest BCUT2D eigenvalue weighted by molar-refractivity contribution is 5.97. The number of anilines is 1. The van der Waals surface area contributed by atoms with Crippen molar-refractivity contribution in [2.45, 2.75) is 158 Å². The summed E-state index contributed by atoms with van der Waals surface area (Å²) >= 11 is 0. The van der Waals surface area contributed by atoms with E-state index in [-0.39, 0.29) is 55.0 Å². The fraction of sp³-hybridized carbons (Fsp3) is 0.506. The molecule has 0 radical (unpaired) electrons. The van der Waals surface area contributed by atoms with Gasteiger partial charge >= 0.3 is 29.8 Å². The molecule has 1 aliphatic carbocycles. The van der Waals surface area contributed by atoms with Gasteiger partial charge in [-0.2, -0.15) is 0 Å². The monoisotopic (exact) mass is 1440 g/mol. The van der Waals surface area contributed by atoms with Gasteiger partial charge in [0.1, 0.15) is 49.0 Å². The van der Waals surface area contributed by atoms with Gasteiger partial charge in [-0.1, -0.05) is 131 Å². The van der Waals surface area contributed by atoms with Crippen molar-refractivity contribution in [2.24, 2.45) is 17.3 Å². The van der Waals surface area contributed by atoms with Gasteiger partial charge in [-0.3, -0.25) is 33.7 Å². The number of nitrogens with one attached hydrogen (secondary N) is 3. The Hall–Kier alpha value is -8.38. The molecule has 3 amide bonds. The van der Waals surface area contributed by atoms with Crippen LogP contribution in [0.4, 0.5) is 5.69 Å².